The number of carbonyl (C=O) groups is 1. The molecule has 2 aromatic heterocycles. The summed E-state index contributed by atoms with van der Waals surface area (Å²) < 4.78 is 1.95. The van der Waals surface area contributed by atoms with Gasteiger partial charge in [-0.15, -0.1) is 0 Å². The summed E-state index contributed by atoms with van der Waals surface area (Å²) in [7, 11) is 1.94. The highest BCUT2D eigenvalue weighted by Gasteiger charge is 2.15. The summed E-state index contributed by atoms with van der Waals surface area (Å²) in [6, 6.07) is 14.1. The number of nitrogen functional groups attached to an aromatic ring is 1. The fourth-order valence-electron chi connectivity index (χ4n) is 3.77. The number of nitrogens with one attached hydrogen (secondary N) is 1. The molecule has 2 aromatic carbocycles. The molecule has 0 aliphatic carbocycles. The van der Waals surface area contributed by atoms with Crippen molar-refractivity contribution in [3.8, 4) is 11.1 Å². The van der Waals surface area contributed by atoms with Gasteiger partial charge in [0.1, 0.15) is 17.8 Å². The van der Waals surface area contributed by atoms with Crippen LogP contribution in [0.5, 0.6) is 0 Å². The third-order valence-corrected chi connectivity index (χ3v) is 5.38. The fourth-order valence-corrected chi connectivity index (χ4v) is 3.77. The summed E-state index contributed by atoms with van der Waals surface area (Å²) in [6.45, 7) is 4.14. The van der Waals surface area contributed by atoms with Crippen molar-refractivity contribution in [2.24, 2.45) is 7.05 Å². The molecule has 4 aromatic rings. The van der Waals surface area contributed by atoms with E-state index in [9.17, 15) is 4.79 Å². The van der Waals surface area contributed by atoms with Gasteiger partial charge < -0.3 is 15.6 Å². The van der Waals surface area contributed by atoms with Gasteiger partial charge in [0.05, 0.1) is 11.8 Å². The SMILES string of the molecule is CCc1ccc(CC(=O)Nc2ccc(-c3cn(C)c4ncnc(N)c34)c(C)c2)cc1. The number of benzene rings is 2. The number of aryl methyl sites for hydroxylation is 3. The summed E-state index contributed by atoms with van der Waals surface area (Å²) in [5.74, 6) is 0.427. The lowest BCUT2D eigenvalue weighted by Gasteiger charge is -2.10. The largest absolute Gasteiger partial charge is 0.383 e. The highest BCUT2D eigenvalue weighted by Crippen LogP contribution is 2.34. The van der Waals surface area contributed by atoms with Gasteiger partial charge in [0.15, 0.2) is 0 Å². The molecule has 0 radical (unpaired) electrons. The number of amides is 1. The number of nitrogens with zero attached hydrogens (tertiary/aromatic N) is 3. The third kappa shape index (κ3) is 3.76. The Hall–Kier alpha value is -3.67. The molecule has 0 aliphatic heterocycles. The maximum atomic E-state index is 12.5. The zero-order valence-corrected chi connectivity index (χ0v) is 17.4. The quantitative estimate of drug-likeness (QED) is 0.525. The van der Waals surface area contributed by atoms with Gasteiger partial charge in [-0.2, -0.15) is 0 Å². The minimum atomic E-state index is -0.0331. The van der Waals surface area contributed by atoms with Crippen molar-refractivity contribution in [2.45, 2.75) is 26.7 Å². The predicted octanol–water partition coefficient (Wildman–Crippen LogP) is 4.27. The lowest BCUT2D eigenvalue weighted by molar-refractivity contribution is -0.115. The molecule has 0 saturated heterocycles. The second-order valence-corrected chi connectivity index (χ2v) is 7.54. The van der Waals surface area contributed by atoms with Crippen molar-refractivity contribution in [3.05, 3.63) is 71.7 Å². The highest BCUT2D eigenvalue weighted by atomic mass is 16.1. The van der Waals surface area contributed by atoms with Gasteiger partial charge in [-0.25, -0.2) is 9.97 Å². The first-order valence-electron chi connectivity index (χ1n) is 10.0. The number of fused-ring (bicyclic) bond motifs is 1. The van der Waals surface area contributed by atoms with E-state index in [0.29, 0.717) is 12.2 Å². The van der Waals surface area contributed by atoms with Crippen LogP contribution in [-0.2, 0) is 24.7 Å². The molecule has 0 spiro atoms. The van der Waals surface area contributed by atoms with Gasteiger partial charge in [0.2, 0.25) is 5.91 Å². The maximum Gasteiger partial charge on any atom is 0.228 e. The van der Waals surface area contributed by atoms with E-state index in [2.05, 4.69) is 34.3 Å². The first-order chi connectivity index (χ1) is 14.5. The van der Waals surface area contributed by atoms with Crippen LogP contribution >= 0.6 is 0 Å². The second kappa shape index (κ2) is 7.99. The summed E-state index contributed by atoms with van der Waals surface area (Å²) in [5, 5.41) is 3.84. The Morgan fingerprint density at radius 2 is 1.80 bits per heavy atom. The molecule has 4 rings (SSSR count). The molecule has 152 valence electrons. The van der Waals surface area contributed by atoms with E-state index in [1.165, 1.54) is 11.9 Å². The normalized spacial score (nSPS) is 11.0. The van der Waals surface area contributed by atoms with Crippen molar-refractivity contribution in [1.29, 1.82) is 0 Å². The Labute approximate surface area is 175 Å². The number of carbonyl (C=O) groups excluding carboxylic acids is 1. The molecule has 6 heteroatoms. The Bertz CT molecular complexity index is 1220. The van der Waals surface area contributed by atoms with Gasteiger partial charge >= 0.3 is 0 Å². The standard InChI is InChI=1S/C24H25N5O/c1-4-16-5-7-17(8-6-16)12-21(30)28-18-9-10-19(15(2)11-18)20-13-29(3)24-22(20)23(25)26-14-27-24/h5-11,13-14H,4,12H2,1-3H3,(H,28,30)(H2,25,26,27). The molecule has 30 heavy (non-hydrogen) atoms. The number of hydrogen-bond acceptors (Lipinski definition) is 4. The molecular weight excluding hydrogens is 374 g/mol. The van der Waals surface area contributed by atoms with Crippen molar-refractivity contribution >= 4 is 28.4 Å². The maximum absolute atomic E-state index is 12.5. The Balaban J connectivity index is 1.56. The van der Waals surface area contributed by atoms with Gasteiger partial charge in [-0.1, -0.05) is 37.3 Å². The topological polar surface area (TPSA) is 85.8 Å². The lowest BCUT2D eigenvalue weighted by atomic mass is 10.00. The molecule has 0 aliphatic rings. The summed E-state index contributed by atoms with van der Waals surface area (Å²) in [4.78, 5) is 21.0. The average molecular weight is 399 g/mol. The van der Waals surface area contributed by atoms with Gasteiger partial charge in [0.25, 0.3) is 0 Å². The average Bonchev–Trinajstić information content (AvgIpc) is 3.06. The smallest absolute Gasteiger partial charge is 0.228 e. The van der Waals surface area contributed by atoms with Crippen LogP contribution in [0.15, 0.2) is 55.0 Å². The molecule has 0 unspecified atom stereocenters. The number of hydrogen-bond donors (Lipinski definition) is 2. The van der Waals surface area contributed by atoms with Crippen molar-refractivity contribution in [2.75, 3.05) is 11.1 Å². The van der Waals surface area contributed by atoms with Crippen LogP contribution in [0.25, 0.3) is 22.2 Å². The molecule has 0 saturated carbocycles. The number of aromatic nitrogens is 3. The fraction of sp³-hybridized carbons (Fsp3) is 0.208. The molecule has 2 heterocycles. The van der Waals surface area contributed by atoms with Gasteiger partial charge in [0, 0.05) is 24.5 Å². The highest BCUT2D eigenvalue weighted by molar-refractivity contribution is 6.01. The number of nitrogens with two attached hydrogens (primary N) is 1. The number of rotatable bonds is 5. The first kappa shape index (κ1) is 19.6. The first-order valence-corrected chi connectivity index (χ1v) is 10.0. The molecule has 1 amide bonds. The Morgan fingerprint density at radius 3 is 2.50 bits per heavy atom. The van der Waals surface area contributed by atoms with E-state index in [1.807, 2.05) is 55.1 Å². The minimum absolute atomic E-state index is 0.0331. The van der Waals surface area contributed by atoms with Gasteiger partial charge in [-0.05, 0) is 47.7 Å². The zero-order valence-electron chi connectivity index (χ0n) is 17.4. The number of anilines is 2. The Kier molecular flexibility index (Phi) is 5.23. The van der Waals surface area contributed by atoms with Crippen molar-refractivity contribution in [1.82, 2.24) is 14.5 Å². The van der Waals surface area contributed by atoms with Crippen LogP contribution in [0.4, 0.5) is 11.5 Å². The van der Waals surface area contributed by atoms with Crippen molar-refractivity contribution in [3.63, 3.8) is 0 Å². The molecule has 0 fully saturated rings. The van der Waals surface area contributed by atoms with Crippen LogP contribution in [0, 0.1) is 6.92 Å². The van der Waals surface area contributed by atoms with Crippen LogP contribution in [0.1, 0.15) is 23.6 Å². The molecule has 6 nitrogen and oxygen atoms in total. The predicted molar refractivity (Wildman–Crippen MR) is 121 cm³/mol. The summed E-state index contributed by atoms with van der Waals surface area (Å²) in [6.07, 6.45) is 4.83. The van der Waals surface area contributed by atoms with E-state index in [4.69, 9.17) is 5.73 Å². The van der Waals surface area contributed by atoms with Gasteiger partial charge in [-0.3, -0.25) is 4.79 Å². The van der Waals surface area contributed by atoms with Crippen LogP contribution in [0.3, 0.4) is 0 Å². The van der Waals surface area contributed by atoms with E-state index in [-0.39, 0.29) is 5.91 Å². The zero-order chi connectivity index (χ0) is 21.3. The van der Waals surface area contributed by atoms with Crippen LogP contribution < -0.4 is 11.1 Å². The van der Waals surface area contributed by atoms with E-state index < -0.39 is 0 Å². The van der Waals surface area contributed by atoms with Crippen molar-refractivity contribution < 1.29 is 4.79 Å². The van der Waals surface area contributed by atoms with Crippen LogP contribution in [-0.4, -0.2) is 20.4 Å². The third-order valence-electron chi connectivity index (χ3n) is 5.38. The van der Waals surface area contributed by atoms with Crippen LogP contribution in [0.2, 0.25) is 0 Å². The Morgan fingerprint density at radius 1 is 1.07 bits per heavy atom. The minimum Gasteiger partial charge on any atom is -0.383 e. The second-order valence-electron chi connectivity index (χ2n) is 7.54. The monoisotopic (exact) mass is 399 g/mol. The lowest BCUT2D eigenvalue weighted by Crippen LogP contribution is -2.14. The van der Waals surface area contributed by atoms with E-state index in [0.717, 1.165) is 45.4 Å². The van der Waals surface area contributed by atoms with E-state index in [1.54, 1.807) is 0 Å². The summed E-state index contributed by atoms with van der Waals surface area (Å²) >= 11 is 0. The molecular formula is C24H25N5O. The molecule has 0 atom stereocenters. The molecule has 3 N–H and O–H groups in total. The summed E-state index contributed by atoms with van der Waals surface area (Å²) in [5.41, 5.74) is 13.0. The van der Waals surface area contributed by atoms with E-state index >= 15 is 0 Å². The molecule has 0 bridgehead atoms.